The normalized spacial score (nSPS) is 23.6. The molecule has 0 radical (unpaired) electrons. The van der Waals surface area contributed by atoms with Gasteiger partial charge in [-0.05, 0) is 27.7 Å². The van der Waals surface area contributed by atoms with E-state index in [0.717, 1.165) is 13.1 Å². The molecule has 1 atom stereocenters. The van der Waals surface area contributed by atoms with Crippen LogP contribution in [0.3, 0.4) is 0 Å². The summed E-state index contributed by atoms with van der Waals surface area (Å²) in [5.41, 5.74) is 5.34. The molecular formula is C12H25N3O2. The van der Waals surface area contributed by atoms with Gasteiger partial charge in [-0.1, -0.05) is 0 Å². The predicted molar refractivity (Wildman–Crippen MR) is 67.9 cm³/mol. The second-order valence-corrected chi connectivity index (χ2v) is 5.07. The average Bonchev–Trinajstić information content (AvgIpc) is 2.28. The highest BCUT2D eigenvalue weighted by Crippen LogP contribution is 2.21. The molecule has 1 aliphatic heterocycles. The molecule has 1 unspecified atom stereocenters. The van der Waals surface area contributed by atoms with Crippen molar-refractivity contribution in [3.63, 3.8) is 0 Å². The SMILES string of the molecule is CCN(CC)C(=O)N1CC(CN)OC(C)(C)C1. The van der Waals surface area contributed by atoms with E-state index in [1.807, 2.05) is 37.5 Å². The lowest BCUT2D eigenvalue weighted by molar-refractivity contribution is -0.122. The molecule has 0 saturated carbocycles. The van der Waals surface area contributed by atoms with E-state index in [-0.39, 0.29) is 17.7 Å². The molecule has 0 aromatic heterocycles. The maximum absolute atomic E-state index is 12.3. The molecule has 0 aromatic rings. The molecule has 1 saturated heterocycles. The molecule has 5 heteroatoms. The lowest BCUT2D eigenvalue weighted by atomic mass is 10.1. The molecule has 0 spiro atoms. The number of hydrogen-bond donors (Lipinski definition) is 1. The first kappa shape index (κ1) is 14.3. The van der Waals surface area contributed by atoms with Crippen LogP contribution in [0.2, 0.25) is 0 Å². The summed E-state index contributed by atoms with van der Waals surface area (Å²) in [5, 5.41) is 0. The van der Waals surface area contributed by atoms with Gasteiger partial charge in [-0.3, -0.25) is 0 Å². The van der Waals surface area contributed by atoms with Crippen LogP contribution in [0.15, 0.2) is 0 Å². The Kier molecular flexibility index (Phi) is 4.77. The number of rotatable bonds is 3. The molecule has 2 amide bonds. The highest BCUT2D eigenvalue weighted by atomic mass is 16.5. The first-order valence-corrected chi connectivity index (χ1v) is 6.35. The zero-order valence-electron chi connectivity index (χ0n) is 11.4. The van der Waals surface area contributed by atoms with Crippen molar-refractivity contribution in [1.29, 1.82) is 0 Å². The fourth-order valence-corrected chi connectivity index (χ4v) is 2.26. The standard InChI is InChI=1S/C12H25N3O2/c1-5-14(6-2)11(16)15-8-10(7-13)17-12(3,4)9-15/h10H,5-9,13H2,1-4H3. The van der Waals surface area contributed by atoms with Crippen molar-refractivity contribution in [1.82, 2.24) is 9.80 Å². The topological polar surface area (TPSA) is 58.8 Å². The van der Waals surface area contributed by atoms with Gasteiger partial charge in [-0.2, -0.15) is 0 Å². The van der Waals surface area contributed by atoms with Crippen LogP contribution in [0.1, 0.15) is 27.7 Å². The van der Waals surface area contributed by atoms with Gasteiger partial charge in [-0.15, -0.1) is 0 Å². The zero-order valence-corrected chi connectivity index (χ0v) is 11.4. The van der Waals surface area contributed by atoms with Crippen LogP contribution in [-0.4, -0.2) is 60.3 Å². The van der Waals surface area contributed by atoms with Crippen LogP contribution < -0.4 is 5.73 Å². The van der Waals surface area contributed by atoms with Crippen LogP contribution >= 0.6 is 0 Å². The number of nitrogens with zero attached hydrogens (tertiary/aromatic N) is 2. The summed E-state index contributed by atoms with van der Waals surface area (Å²) in [6.07, 6.45) is -0.0572. The van der Waals surface area contributed by atoms with Crippen LogP contribution in [-0.2, 0) is 4.74 Å². The van der Waals surface area contributed by atoms with E-state index >= 15 is 0 Å². The molecule has 1 fully saturated rings. The molecule has 0 aliphatic carbocycles. The van der Waals surface area contributed by atoms with Crippen LogP contribution in [0, 0.1) is 0 Å². The summed E-state index contributed by atoms with van der Waals surface area (Å²) in [4.78, 5) is 15.9. The zero-order chi connectivity index (χ0) is 13.1. The molecule has 0 bridgehead atoms. The lowest BCUT2D eigenvalue weighted by Gasteiger charge is -2.43. The third kappa shape index (κ3) is 3.57. The Morgan fingerprint density at radius 3 is 2.53 bits per heavy atom. The fraction of sp³-hybridized carbons (Fsp3) is 0.917. The smallest absolute Gasteiger partial charge is 0.320 e. The highest BCUT2D eigenvalue weighted by Gasteiger charge is 2.36. The third-order valence-electron chi connectivity index (χ3n) is 3.05. The van der Waals surface area contributed by atoms with Gasteiger partial charge in [0.25, 0.3) is 0 Å². The Balaban J connectivity index is 2.72. The molecule has 1 heterocycles. The van der Waals surface area contributed by atoms with Crippen molar-refractivity contribution >= 4 is 6.03 Å². The van der Waals surface area contributed by atoms with Gasteiger partial charge in [0.1, 0.15) is 0 Å². The van der Waals surface area contributed by atoms with E-state index in [2.05, 4.69) is 0 Å². The molecule has 100 valence electrons. The summed E-state index contributed by atoms with van der Waals surface area (Å²) < 4.78 is 5.81. The Morgan fingerprint density at radius 1 is 1.47 bits per heavy atom. The van der Waals surface area contributed by atoms with E-state index in [4.69, 9.17) is 10.5 Å². The van der Waals surface area contributed by atoms with Gasteiger partial charge >= 0.3 is 6.03 Å². The largest absolute Gasteiger partial charge is 0.367 e. The number of amides is 2. The highest BCUT2D eigenvalue weighted by molar-refractivity contribution is 5.74. The molecule has 1 rings (SSSR count). The second-order valence-electron chi connectivity index (χ2n) is 5.07. The molecule has 5 nitrogen and oxygen atoms in total. The van der Waals surface area contributed by atoms with Gasteiger partial charge < -0.3 is 20.3 Å². The molecule has 17 heavy (non-hydrogen) atoms. The summed E-state index contributed by atoms with van der Waals surface area (Å²) in [5.74, 6) is 0. The van der Waals surface area contributed by atoms with Crippen molar-refractivity contribution in [3.8, 4) is 0 Å². The van der Waals surface area contributed by atoms with Crippen LogP contribution in [0.25, 0.3) is 0 Å². The molecule has 0 aromatic carbocycles. The number of urea groups is 1. The monoisotopic (exact) mass is 243 g/mol. The Bertz CT molecular complexity index is 264. The van der Waals surface area contributed by atoms with Gasteiger partial charge in [-0.25, -0.2) is 4.79 Å². The molecule has 2 N–H and O–H groups in total. The molecule has 1 aliphatic rings. The number of morpholine rings is 1. The van der Waals surface area contributed by atoms with E-state index < -0.39 is 0 Å². The summed E-state index contributed by atoms with van der Waals surface area (Å²) >= 11 is 0. The van der Waals surface area contributed by atoms with Crippen molar-refractivity contribution in [3.05, 3.63) is 0 Å². The van der Waals surface area contributed by atoms with Gasteiger partial charge in [0.05, 0.1) is 18.2 Å². The van der Waals surface area contributed by atoms with Gasteiger partial charge in [0, 0.05) is 26.2 Å². The number of nitrogens with two attached hydrogens (primary N) is 1. The summed E-state index contributed by atoms with van der Waals surface area (Å²) in [7, 11) is 0. The van der Waals surface area contributed by atoms with Crippen molar-refractivity contribution in [2.45, 2.75) is 39.4 Å². The first-order chi connectivity index (χ1) is 7.93. The van der Waals surface area contributed by atoms with Gasteiger partial charge in [0.2, 0.25) is 0 Å². The maximum Gasteiger partial charge on any atom is 0.320 e. The minimum absolute atomic E-state index is 0.0572. The average molecular weight is 243 g/mol. The van der Waals surface area contributed by atoms with Crippen molar-refractivity contribution < 1.29 is 9.53 Å². The van der Waals surface area contributed by atoms with E-state index in [9.17, 15) is 4.79 Å². The minimum atomic E-state index is -0.314. The first-order valence-electron chi connectivity index (χ1n) is 6.35. The van der Waals surface area contributed by atoms with E-state index in [1.165, 1.54) is 0 Å². The summed E-state index contributed by atoms with van der Waals surface area (Å²) in [6.45, 7) is 11.1. The van der Waals surface area contributed by atoms with Gasteiger partial charge in [0.15, 0.2) is 0 Å². The molecular weight excluding hydrogens is 218 g/mol. The maximum atomic E-state index is 12.3. The number of hydrogen-bond acceptors (Lipinski definition) is 3. The number of carbonyl (C=O) groups excluding carboxylic acids is 1. The predicted octanol–water partition coefficient (Wildman–Crippen LogP) is 0.886. The fourth-order valence-electron chi connectivity index (χ4n) is 2.26. The minimum Gasteiger partial charge on any atom is -0.367 e. The van der Waals surface area contributed by atoms with Crippen molar-refractivity contribution in [2.75, 3.05) is 32.7 Å². The quantitative estimate of drug-likeness (QED) is 0.800. The lowest BCUT2D eigenvalue weighted by Crippen LogP contribution is -2.58. The Morgan fingerprint density at radius 2 is 2.06 bits per heavy atom. The summed E-state index contributed by atoms with van der Waals surface area (Å²) in [6, 6.07) is 0.0878. The third-order valence-corrected chi connectivity index (χ3v) is 3.05. The van der Waals surface area contributed by atoms with Crippen molar-refractivity contribution in [2.24, 2.45) is 5.73 Å². The van der Waals surface area contributed by atoms with Crippen LogP contribution in [0.4, 0.5) is 4.79 Å². The Labute approximate surface area is 104 Å². The van der Waals surface area contributed by atoms with E-state index in [0.29, 0.717) is 19.6 Å². The Hall–Kier alpha value is -0.810. The number of carbonyl (C=O) groups is 1. The van der Waals surface area contributed by atoms with E-state index in [1.54, 1.807) is 0 Å². The second kappa shape index (κ2) is 5.69. The van der Waals surface area contributed by atoms with Crippen LogP contribution in [0.5, 0.6) is 0 Å². The number of ether oxygens (including phenoxy) is 1.